The minimum absolute atomic E-state index is 0.369. The molecule has 3 atom stereocenters. The Kier molecular flexibility index (Phi) is 6.70. The number of sulfone groups is 1. The van der Waals surface area contributed by atoms with Crippen LogP contribution in [0.15, 0.2) is 41.3 Å². The molecule has 0 aliphatic carbocycles. The highest BCUT2D eigenvalue weighted by molar-refractivity contribution is 7.91. The molecule has 0 amide bonds. The van der Waals surface area contributed by atoms with Crippen molar-refractivity contribution < 1.29 is 45.0 Å². The standard InChI is InChI=1S/C21H18F5NO5S/c1-20(11-27,32-9-8-28)14-10-31-18-16(23)7-6-15(22)17(18)19(14)33(29,30)13-4-2-12(3-5-13)21(24,25)26/h2-7,14,19,28H,8-10H2,1H3/t14?,19-,20-/m0/s1. The first kappa shape index (κ1) is 24.9. The van der Waals surface area contributed by atoms with Gasteiger partial charge in [-0.25, -0.2) is 17.2 Å². The Hall–Kier alpha value is -2.75. The summed E-state index contributed by atoms with van der Waals surface area (Å²) >= 11 is 0. The summed E-state index contributed by atoms with van der Waals surface area (Å²) in [5.41, 5.74) is -3.74. The molecule has 3 rings (SSSR count). The van der Waals surface area contributed by atoms with E-state index in [1.807, 2.05) is 0 Å². The molecule has 0 saturated carbocycles. The van der Waals surface area contributed by atoms with Gasteiger partial charge in [-0.3, -0.25) is 0 Å². The third kappa shape index (κ3) is 4.53. The lowest BCUT2D eigenvalue weighted by Gasteiger charge is -2.40. The van der Waals surface area contributed by atoms with Crippen LogP contribution in [0.25, 0.3) is 0 Å². The number of aliphatic hydroxyl groups is 1. The number of aliphatic hydroxyl groups excluding tert-OH is 1. The SMILES string of the molecule is C[C@@](C#N)(OCCO)C1COc2c(F)ccc(F)c2[C@H]1S(=O)(=O)c1ccc(C(F)(F)F)cc1. The molecule has 1 N–H and O–H groups in total. The number of benzene rings is 2. The molecular formula is C21H18F5NO5S. The van der Waals surface area contributed by atoms with Gasteiger partial charge in [0.2, 0.25) is 0 Å². The Morgan fingerprint density at radius 2 is 1.76 bits per heavy atom. The molecule has 0 radical (unpaired) electrons. The maximum Gasteiger partial charge on any atom is 0.416 e. The molecule has 1 aliphatic rings. The summed E-state index contributed by atoms with van der Waals surface area (Å²) in [7, 11) is -4.69. The summed E-state index contributed by atoms with van der Waals surface area (Å²) < 4.78 is 106. The molecular weight excluding hydrogens is 473 g/mol. The molecule has 33 heavy (non-hydrogen) atoms. The number of nitriles is 1. The van der Waals surface area contributed by atoms with Gasteiger partial charge in [0.1, 0.15) is 11.1 Å². The topological polar surface area (TPSA) is 96.6 Å². The molecule has 0 spiro atoms. The van der Waals surface area contributed by atoms with Crippen LogP contribution in [-0.4, -0.2) is 38.9 Å². The van der Waals surface area contributed by atoms with Gasteiger partial charge in [0.25, 0.3) is 0 Å². The quantitative estimate of drug-likeness (QED) is 0.618. The van der Waals surface area contributed by atoms with Crippen molar-refractivity contribution in [3.05, 3.63) is 59.2 Å². The molecule has 12 heteroatoms. The van der Waals surface area contributed by atoms with E-state index in [1.54, 1.807) is 6.07 Å². The van der Waals surface area contributed by atoms with E-state index in [1.165, 1.54) is 6.92 Å². The number of halogens is 5. The second kappa shape index (κ2) is 8.89. The van der Waals surface area contributed by atoms with Crippen molar-refractivity contribution in [1.29, 1.82) is 5.26 Å². The number of hydrogen-bond donors (Lipinski definition) is 1. The summed E-state index contributed by atoms with van der Waals surface area (Å²) in [5, 5.41) is 16.9. The van der Waals surface area contributed by atoms with E-state index in [0.29, 0.717) is 30.3 Å². The molecule has 0 aromatic heterocycles. The van der Waals surface area contributed by atoms with Crippen molar-refractivity contribution in [2.24, 2.45) is 5.92 Å². The van der Waals surface area contributed by atoms with Gasteiger partial charge in [0, 0.05) is 0 Å². The van der Waals surface area contributed by atoms with Crippen LogP contribution in [0.2, 0.25) is 0 Å². The Labute approximate surface area is 186 Å². The molecule has 0 fully saturated rings. The highest BCUT2D eigenvalue weighted by atomic mass is 32.2. The largest absolute Gasteiger partial charge is 0.490 e. The Bertz CT molecular complexity index is 1180. The third-order valence-corrected chi connectivity index (χ3v) is 7.58. The van der Waals surface area contributed by atoms with E-state index < -0.39 is 79.4 Å². The summed E-state index contributed by atoms with van der Waals surface area (Å²) in [6.45, 7) is -0.256. The third-order valence-electron chi connectivity index (χ3n) is 5.42. The number of fused-ring (bicyclic) bond motifs is 1. The predicted molar refractivity (Wildman–Crippen MR) is 104 cm³/mol. The van der Waals surface area contributed by atoms with Crippen molar-refractivity contribution in [2.75, 3.05) is 19.8 Å². The number of rotatable bonds is 6. The lowest BCUT2D eigenvalue weighted by Crippen LogP contribution is -2.48. The van der Waals surface area contributed by atoms with E-state index in [0.717, 1.165) is 6.07 Å². The van der Waals surface area contributed by atoms with Crippen LogP contribution in [0.1, 0.15) is 23.3 Å². The van der Waals surface area contributed by atoms with Gasteiger partial charge in [-0.15, -0.1) is 0 Å². The average Bonchev–Trinajstić information content (AvgIpc) is 2.78. The van der Waals surface area contributed by atoms with Crippen LogP contribution in [-0.2, 0) is 20.8 Å². The van der Waals surface area contributed by atoms with Crippen LogP contribution in [0.3, 0.4) is 0 Å². The fourth-order valence-corrected chi connectivity index (χ4v) is 5.81. The van der Waals surface area contributed by atoms with Crippen molar-refractivity contribution in [3.8, 4) is 11.8 Å². The van der Waals surface area contributed by atoms with Gasteiger partial charge in [-0.2, -0.15) is 18.4 Å². The van der Waals surface area contributed by atoms with Crippen LogP contribution in [0, 0.1) is 28.9 Å². The Balaban J connectivity index is 2.22. The lowest BCUT2D eigenvalue weighted by atomic mass is 9.83. The zero-order valence-electron chi connectivity index (χ0n) is 17.1. The zero-order chi connectivity index (χ0) is 24.6. The Morgan fingerprint density at radius 3 is 2.30 bits per heavy atom. The molecule has 1 aliphatic heterocycles. The molecule has 0 bridgehead atoms. The van der Waals surface area contributed by atoms with Gasteiger partial charge in [-0.05, 0) is 43.3 Å². The second-order valence-corrected chi connectivity index (χ2v) is 9.54. The first-order valence-corrected chi connectivity index (χ1v) is 11.1. The highest BCUT2D eigenvalue weighted by Gasteiger charge is 2.52. The fourth-order valence-electron chi connectivity index (χ4n) is 3.70. The smallest absolute Gasteiger partial charge is 0.416 e. The maximum atomic E-state index is 14.9. The maximum absolute atomic E-state index is 14.9. The number of ether oxygens (including phenoxy) is 2. The van der Waals surface area contributed by atoms with E-state index in [9.17, 15) is 35.6 Å². The van der Waals surface area contributed by atoms with E-state index >= 15 is 0 Å². The van der Waals surface area contributed by atoms with E-state index in [-0.39, 0.29) is 6.61 Å². The summed E-state index contributed by atoms with van der Waals surface area (Å²) in [4.78, 5) is -0.593. The van der Waals surface area contributed by atoms with Crippen molar-refractivity contribution >= 4 is 9.84 Å². The highest BCUT2D eigenvalue weighted by Crippen LogP contribution is 2.49. The minimum atomic E-state index is -4.72. The van der Waals surface area contributed by atoms with Gasteiger partial charge in [-0.1, -0.05) is 0 Å². The fraction of sp³-hybridized carbons (Fsp3) is 0.381. The molecule has 178 valence electrons. The summed E-state index contributed by atoms with van der Waals surface area (Å²) in [6, 6.07) is 5.73. The monoisotopic (exact) mass is 491 g/mol. The number of alkyl halides is 3. The van der Waals surface area contributed by atoms with Crippen LogP contribution in [0.4, 0.5) is 22.0 Å². The first-order chi connectivity index (χ1) is 15.4. The zero-order valence-corrected chi connectivity index (χ0v) is 17.9. The molecule has 0 saturated heterocycles. The molecule has 2 aromatic rings. The van der Waals surface area contributed by atoms with Gasteiger partial charge in [0.05, 0.1) is 47.8 Å². The van der Waals surface area contributed by atoms with E-state index in [2.05, 4.69) is 0 Å². The lowest BCUT2D eigenvalue weighted by molar-refractivity contribution is -0.137. The molecule has 1 heterocycles. The summed E-state index contributed by atoms with van der Waals surface area (Å²) in [5.74, 6) is -4.29. The van der Waals surface area contributed by atoms with E-state index in [4.69, 9.17) is 14.6 Å². The van der Waals surface area contributed by atoms with Crippen molar-refractivity contribution in [3.63, 3.8) is 0 Å². The number of nitrogens with zero attached hydrogens (tertiary/aromatic N) is 1. The van der Waals surface area contributed by atoms with Crippen LogP contribution in [0.5, 0.6) is 5.75 Å². The molecule has 1 unspecified atom stereocenters. The minimum Gasteiger partial charge on any atom is -0.490 e. The van der Waals surface area contributed by atoms with Crippen LogP contribution < -0.4 is 4.74 Å². The number of hydrogen-bond acceptors (Lipinski definition) is 6. The van der Waals surface area contributed by atoms with Crippen molar-refractivity contribution in [1.82, 2.24) is 0 Å². The van der Waals surface area contributed by atoms with Gasteiger partial charge < -0.3 is 14.6 Å². The Morgan fingerprint density at radius 1 is 1.15 bits per heavy atom. The molecule has 6 nitrogen and oxygen atoms in total. The second-order valence-electron chi connectivity index (χ2n) is 7.47. The predicted octanol–water partition coefficient (Wildman–Crippen LogP) is 3.80. The van der Waals surface area contributed by atoms with Gasteiger partial charge >= 0.3 is 6.18 Å². The summed E-state index contributed by atoms with van der Waals surface area (Å²) in [6.07, 6.45) is -4.72. The average molecular weight is 491 g/mol. The van der Waals surface area contributed by atoms with Crippen LogP contribution >= 0.6 is 0 Å². The normalized spacial score (nSPS) is 20.3. The molecule has 2 aromatic carbocycles. The van der Waals surface area contributed by atoms with Gasteiger partial charge in [0.15, 0.2) is 27.0 Å². The van der Waals surface area contributed by atoms with Crippen molar-refractivity contribution in [2.45, 2.75) is 28.8 Å². The first-order valence-electron chi connectivity index (χ1n) is 9.54.